The summed E-state index contributed by atoms with van der Waals surface area (Å²) >= 11 is 1.48. The molecule has 1 aliphatic rings. The minimum Gasteiger partial charge on any atom is -0.399 e. The van der Waals surface area contributed by atoms with E-state index in [1.54, 1.807) is 5.38 Å². The summed E-state index contributed by atoms with van der Waals surface area (Å²) in [6.45, 7) is 0.501. The van der Waals surface area contributed by atoms with Gasteiger partial charge in [0.1, 0.15) is 5.69 Å². The van der Waals surface area contributed by atoms with Gasteiger partial charge >= 0.3 is 0 Å². The number of thiazole rings is 1. The Morgan fingerprint density at radius 1 is 1.28 bits per heavy atom. The van der Waals surface area contributed by atoms with Crippen LogP contribution in [-0.4, -0.2) is 23.1 Å². The Balaban J connectivity index is 1.47. The highest BCUT2D eigenvalue weighted by molar-refractivity contribution is 7.09. The van der Waals surface area contributed by atoms with Gasteiger partial charge in [0.25, 0.3) is 5.91 Å². The molecule has 0 unspecified atom stereocenters. The monoisotopic (exact) mass is 353 g/mol. The lowest BCUT2D eigenvalue weighted by Gasteiger charge is -2.09. The van der Waals surface area contributed by atoms with Gasteiger partial charge in [-0.2, -0.15) is 10.2 Å². The second-order valence-electron chi connectivity index (χ2n) is 5.94. The van der Waals surface area contributed by atoms with E-state index in [1.807, 2.05) is 24.3 Å². The molecule has 25 heavy (non-hydrogen) atoms. The standard InChI is InChI=1S/C18H19N5OS/c1-2-3-8-18(22-23-18)9-10-20-17(24)15-12-25-16(21-15)11-13-4-6-14(19)7-5-13/h1,4-7,12H,3,8-11,19H2,(H,20,24). The van der Waals surface area contributed by atoms with Crippen LogP contribution in [0, 0.1) is 12.3 Å². The van der Waals surface area contributed by atoms with Gasteiger partial charge in [-0.3, -0.25) is 4.79 Å². The van der Waals surface area contributed by atoms with Crippen LogP contribution in [0.2, 0.25) is 0 Å². The third kappa shape index (κ3) is 4.64. The van der Waals surface area contributed by atoms with E-state index in [0.29, 0.717) is 31.5 Å². The Morgan fingerprint density at radius 3 is 2.72 bits per heavy atom. The fourth-order valence-electron chi connectivity index (χ4n) is 2.44. The molecule has 1 aliphatic heterocycles. The molecule has 0 atom stereocenters. The van der Waals surface area contributed by atoms with E-state index in [1.165, 1.54) is 11.3 Å². The average Bonchev–Trinajstić information content (AvgIpc) is 3.22. The lowest BCUT2D eigenvalue weighted by atomic mass is 10.0. The molecule has 0 saturated heterocycles. The fourth-order valence-corrected chi connectivity index (χ4v) is 3.25. The predicted molar refractivity (Wildman–Crippen MR) is 98.4 cm³/mol. The summed E-state index contributed by atoms with van der Waals surface area (Å²) in [6.07, 6.45) is 8.00. The highest BCUT2D eigenvalue weighted by Crippen LogP contribution is 2.36. The van der Waals surface area contributed by atoms with Crippen molar-refractivity contribution in [3.05, 3.63) is 45.9 Å². The van der Waals surface area contributed by atoms with Gasteiger partial charge in [0, 0.05) is 43.3 Å². The van der Waals surface area contributed by atoms with Crippen LogP contribution < -0.4 is 11.1 Å². The number of nitrogens with two attached hydrogens (primary N) is 1. The molecule has 3 rings (SSSR count). The quantitative estimate of drug-likeness (QED) is 0.564. The van der Waals surface area contributed by atoms with Crippen molar-refractivity contribution in [2.45, 2.75) is 31.3 Å². The van der Waals surface area contributed by atoms with Crippen LogP contribution in [0.3, 0.4) is 0 Å². The van der Waals surface area contributed by atoms with Crippen molar-refractivity contribution in [3.8, 4) is 12.3 Å². The fraction of sp³-hybridized carbons (Fsp3) is 0.333. The highest BCUT2D eigenvalue weighted by atomic mass is 32.1. The largest absolute Gasteiger partial charge is 0.399 e. The Kier molecular flexibility index (Phi) is 5.10. The van der Waals surface area contributed by atoms with Gasteiger partial charge < -0.3 is 11.1 Å². The van der Waals surface area contributed by atoms with Gasteiger partial charge in [0.15, 0.2) is 5.66 Å². The molecule has 6 nitrogen and oxygen atoms in total. The number of aromatic nitrogens is 1. The van der Waals surface area contributed by atoms with Crippen LogP contribution in [0.15, 0.2) is 39.9 Å². The number of hydrogen-bond donors (Lipinski definition) is 2. The zero-order valence-corrected chi connectivity index (χ0v) is 14.6. The van der Waals surface area contributed by atoms with Crippen LogP contribution in [0.4, 0.5) is 5.69 Å². The van der Waals surface area contributed by atoms with Gasteiger partial charge in [-0.15, -0.1) is 23.7 Å². The van der Waals surface area contributed by atoms with E-state index in [4.69, 9.17) is 12.2 Å². The van der Waals surface area contributed by atoms with Crippen LogP contribution in [0.5, 0.6) is 0 Å². The third-order valence-electron chi connectivity index (χ3n) is 3.98. The maximum atomic E-state index is 12.2. The molecule has 0 aliphatic carbocycles. The number of terminal acetylenes is 1. The van der Waals surface area contributed by atoms with Crippen molar-refractivity contribution in [2.24, 2.45) is 10.2 Å². The average molecular weight is 353 g/mol. The lowest BCUT2D eigenvalue weighted by Crippen LogP contribution is -2.28. The van der Waals surface area contributed by atoms with Crippen LogP contribution in [-0.2, 0) is 6.42 Å². The normalized spacial score (nSPS) is 14.0. The molecular formula is C18H19N5OS. The molecule has 0 radical (unpaired) electrons. The summed E-state index contributed by atoms with van der Waals surface area (Å²) < 4.78 is 0. The molecule has 3 N–H and O–H groups in total. The summed E-state index contributed by atoms with van der Waals surface area (Å²) in [5, 5.41) is 13.7. The molecule has 2 aromatic rings. The summed E-state index contributed by atoms with van der Waals surface area (Å²) in [4.78, 5) is 16.6. The van der Waals surface area contributed by atoms with Crippen molar-refractivity contribution in [1.82, 2.24) is 10.3 Å². The van der Waals surface area contributed by atoms with E-state index in [9.17, 15) is 4.79 Å². The van der Waals surface area contributed by atoms with E-state index in [-0.39, 0.29) is 11.6 Å². The first-order chi connectivity index (χ1) is 12.1. The number of nitrogens with one attached hydrogen (secondary N) is 1. The van der Waals surface area contributed by atoms with Crippen molar-refractivity contribution in [3.63, 3.8) is 0 Å². The maximum absolute atomic E-state index is 12.2. The van der Waals surface area contributed by atoms with Crippen LogP contribution >= 0.6 is 11.3 Å². The number of benzene rings is 1. The zero-order valence-electron chi connectivity index (χ0n) is 13.7. The molecule has 1 aromatic heterocycles. The van der Waals surface area contributed by atoms with Gasteiger partial charge in [0.2, 0.25) is 0 Å². The number of carbonyl (C=O) groups is 1. The minimum atomic E-state index is -0.373. The van der Waals surface area contributed by atoms with Crippen molar-refractivity contribution in [1.29, 1.82) is 0 Å². The van der Waals surface area contributed by atoms with E-state index < -0.39 is 0 Å². The number of hydrogen-bond acceptors (Lipinski definition) is 6. The summed E-state index contributed by atoms with van der Waals surface area (Å²) in [6, 6.07) is 7.66. The molecule has 0 spiro atoms. The molecular weight excluding hydrogens is 334 g/mol. The van der Waals surface area contributed by atoms with Gasteiger partial charge in [-0.1, -0.05) is 12.1 Å². The van der Waals surface area contributed by atoms with E-state index >= 15 is 0 Å². The van der Waals surface area contributed by atoms with Gasteiger partial charge in [-0.25, -0.2) is 4.98 Å². The molecule has 1 amide bonds. The van der Waals surface area contributed by atoms with Crippen molar-refractivity contribution >= 4 is 22.9 Å². The van der Waals surface area contributed by atoms with Crippen molar-refractivity contribution in [2.75, 3.05) is 12.3 Å². The first-order valence-electron chi connectivity index (χ1n) is 8.05. The minimum absolute atomic E-state index is 0.174. The molecule has 0 saturated carbocycles. The number of carbonyl (C=O) groups excluding carboxylic acids is 1. The SMILES string of the molecule is C#CCCC1(CCNC(=O)c2csc(Cc3ccc(N)cc3)n2)N=N1. The summed E-state index contributed by atoms with van der Waals surface area (Å²) in [5.41, 5.74) is 7.60. The van der Waals surface area contributed by atoms with Gasteiger partial charge in [-0.05, 0) is 17.7 Å². The second kappa shape index (κ2) is 7.45. The topological polar surface area (TPSA) is 92.7 Å². The van der Waals surface area contributed by atoms with Gasteiger partial charge in [0.05, 0.1) is 5.01 Å². The Morgan fingerprint density at radius 2 is 2.04 bits per heavy atom. The number of rotatable bonds is 8. The van der Waals surface area contributed by atoms with E-state index in [0.717, 1.165) is 22.7 Å². The third-order valence-corrected chi connectivity index (χ3v) is 4.83. The van der Waals surface area contributed by atoms with Crippen LogP contribution in [0.1, 0.15) is 40.3 Å². The smallest absolute Gasteiger partial charge is 0.270 e. The van der Waals surface area contributed by atoms with E-state index in [2.05, 4.69) is 26.4 Å². The number of nitrogens with zero attached hydrogens (tertiary/aromatic N) is 3. The maximum Gasteiger partial charge on any atom is 0.270 e. The Bertz CT molecular complexity index is 813. The molecule has 2 heterocycles. The molecule has 1 aromatic carbocycles. The number of nitrogen functional groups attached to an aromatic ring is 1. The highest BCUT2D eigenvalue weighted by Gasteiger charge is 2.38. The summed E-state index contributed by atoms with van der Waals surface area (Å²) in [5.74, 6) is 2.42. The lowest BCUT2D eigenvalue weighted by molar-refractivity contribution is 0.0947. The van der Waals surface area contributed by atoms with Crippen molar-refractivity contribution < 1.29 is 4.79 Å². The Hall–Kier alpha value is -2.72. The molecule has 0 fully saturated rings. The Labute approximate surface area is 150 Å². The summed E-state index contributed by atoms with van der Waals surface area (Å²) in [7, 11) is 0. The molecule has 128 valence electrons. The number of anilines is 1. The first-order valence-corrected chi connectivity index (χ1v) is 8.93. The number of amides is 1. The zero-order chi connectivity index (χ0) is 17.7. The second-order valence-corrected chi connectivity index (χ2v) is 6.88. The van der Waals surface area contributed by atoms with Crippen LogP contribution in [0.25, 0.3) is 0 Å². The predicted octanol–water partition coefficient (Wildman–Crippen LogP) is 3.01. The molecule has 7 heteroatoms. The first kappa shape index (κ1) is 17.1. The molecule has 0 bridgehead atoms.